The van der Waals surface area contributed by atoms with Crippen LogP contribution in [-0.2, 0) is 16.6 Å². The lowest BCUT2D eigenvalue weighted by Crippen LogP contribution is -2.33. The Hall–Kier alpha value is -1.02. The van der Waals surface area contributed by atoms with Crippen molar-refractivity contribution < 1.29 is 17.9 Å². The maximum Gasteiger partial charge on any atom is 0.243 e. The second-order valence-corrected chi connectivity index (χ2v) is 7.63. The fraction of sp³-hybridized carbons (Fsp3) is 0.571. The average molecular weight is 316 g/mol. The molecule has 1 aliphatic heterocycles. The van der Waals surface area contributed by atoms with Crippen LogP contribution < -0.4 is 0 Å². The Balaban J connectivity index is 2.22. The molecule has 0 aliphatic carbocycles. The van der Waals surface area contributed by atoms with Crippen LogP contribution in [0, 0.1) is 11.7 Å². The summed E-state index contributed by atoms with van der Waals surface area (Å²) < 4.78 is 39.8. The topological polar surface area (TPSA) is 60.9 Å². The molecule has 2 rings (SSSR count). The van der Waals surface area contributed by atoms with E-state index >= 15 is 0 Å². The number of hydrogen-bond acceptors (Lipinski definition) is 4. The highest BCUT2D eigenvalue weighted by Crippen LogP contribution is 2.23. The molecule has 1 unspecified atom stereocenters. The van der Waals surface area contributed by atoms with Crippen molar-refractivity contribution >= 4 is 10.0 Å². The summed E-state index contributed by atoms with van der Waals surface area (Å²) in [6.07, 6.45) is 0.951. The zero-order chi connectivity index (χ0) is 15.6. The van der Waals surface area contributed by atoms with Gasteiger partial charge in [-0.2, -0.15) is 0 Å². The fourth-order valence-corrected chi connectivity index (χ4v) is 4.17. The molecule has 1 N–H and O–H groups in total. The van der Waals surface area contributed by atoms with E-state index in [9.17, 15) is 17.9 Å². The molecule has 21 heavy (non-hydrogen) atoms. The summed E-state index contributed by atoms with van der Waals surface area (Å²) in [4.78, 5) is 2.01. The predicted octanol–water partition coefficient (Wildman–Crippen LogP) is 0.890. The predicted molar refractivity (Wildman–Crippen MR) is 77.7 cm³/mol. The first-order valence-electron chi connectivity index (χ1n) is 6.88. The van der Waals surface area contributed by atoms with Gasteiger partial charge < -0.3 is 10.0 Å². The van der Waals surface area contributed by atoms with E-state index in [2.05, 4.69) is 4.90 Å². The van der Waals surface area contributed by atoms with E-state index in [-0.39, 0.29) is 16.4 Å². The van der Waals surface area contributed by atoms with Gasteiger partial charge in [-0.05, 0) is 43.6 Å². The molecule has 1 atom stereocenters. The van der Waals surface area contributed by atoms with Gasteiger partial charge in [0.2, 0.25) is 10.0 Å². The Bertz CT molecular complexity index is 606. The summed E-state index contributed by atoms with van der Waals surface area (Å²) in [6, 6.07) is 3.42. The number of benzene rings is 1. The Kier molecular flexibility index (Phi) is 4.98. The molecule has 0 saturated carbocycles. The van der Waals surface area contributed by atoms with Crippen molar-refractivity contribution in [1.82, 2.24) is 9.21 Å². The van der Waals surface area contributed by atoms with E-state index < -0.39 is 22.4 Å². The summed E-state index contributed by atoms with van der Waals surface area (Å²) in [5.74, 6) is -0.347. The third kappa shape index (κ3) is 3.60. The van der Waals surface area contributed by atoms with Gasteiger partial charge in [0.15, 0.2) is 0 Å². The molecule has 1 aromatic rings. The number of rotatable bonds is 5. The Morgan fingerprint density at radius 1 is 1.48 bits per heavy atom. The molecular weight excluding hydrogens is 295 g/mol. The molecule has 0 spiro atoms. The summed E-state index contributed by atoms with van der Waals surface area (Å²) in [5, 5.41) is 9.26. The molecule has 1 aliphatic rings. The Labute approximate surface area is 125 Å². The first kappa shape index (κ1) is 16.4. The highest BCUT2D eigenvalue weighted by atomic mass is 32.2. The molecule has 1 fully saturated rings. The maximum absolute atomic E-state index is 13.4. The number of aliphatic hydroxyl groups is 1. The third-order valence-corrected chi connectivity index (χ3v) is 5.80. The van der Waals surface area contributed by atoms with Crippen LogP contribution in [0.2, 0.25) is 0 Å². The van der Waals surface area contributed by atoms with Crippen LogP contribution in [0.25, 0.3) is 0 Å². The molecule has 0 aromatic heterocycles. The Morgan fingerprint density at radius 2 is 2.19 bits per heavy atom. The van der Waals surface area contributed by atoms with E-state index in [1.54, 1.807) is 0 Å². The van der Waals surface area contributed by atoms with Crippen LogP contribution in [0.1, 0.15) is 12.0 Å². The van der Waals surface area contributed by atoms with Crippen molar-refractivity contribution in [3.63, 3.8) is 0 Å². The van der Waals surface area contributed by atoms with Crippen molar-refractivity contribution in [1.29, 1.82) is 0 Å². The first-order valence-corrected chi connectivity index (χ1v) is 8.32. The van der Waals surface area contributed by atoms with E-state index in [1.807, 2.05) is 7.05 Å². The van der Waals surface area contributed by atoms with Gasteiger partial charge in [-0.25, -0.2) is 17.1 Å². The van der Waals surface area contributed by atoms with Crippen molar-refractivity contribution in [2.75, 3.05) is 33.7 Å². The monoisotopic (exact) mass is 316 g/mol. The number of hydrogen-bond donors (Lipinski definition) is 1. The molecule has 0 bridgehead atoms. The van der Waals surface area contributed by atoms with E-state index in [1.165, 1.54) is 17.4 Å². The summed E-state index contributed by atoms with van der Waals surface area (Å²) in [5.41, 5.74) is 0.215. The smallest absolute Gasteiger partial charge is 0.243 e. The minimum atomic E-state index is -3.79. The lowest BCUT2D eigenvalue weighted by Gasteiger charge is -2.22. The number of nitrogens with zero attached hydrogens (tertiary/aromatic N) is 2. The number of likely N-dealkylation sites (tertiary alicyclic amines) is 1. The number of sulfonamides is 1. The standard InChI is InChI=1S/C14H21FN2O3S/c1-16-6-5-11(8-16)9-17(2)21(19,20)14-7-13(15)4-3-12(14)10-18/h3-4,7,11,18H,5-6,8-10H2,1-2H3. The van der Waals surface area contributed by atoms with Crippen LogP contribution >= 0.6 is 0 Å². The number of aliphatic hydroxyl groups excluding tert-OH is 1. The first-order chi connectivity index (χ1) is 9.84. The quantitative estimate of drug-likeness (QED) is 0.876. The Morgan fingerprint density at radius 3 is 2.76 bits per heavy atom. The average Bonchev–Trinajstić information content (AvgIpc) is 2.84. The zero-order valence-corrected chi connectivity index (χ0v) is 13.1. The highest BCUT2D eigenvalue weighted by molar-refractivity contribution is 7.89. The lowest BCUT2D eigenvalue weighted by molar-refractivity contribution is 0.277. The molecule has 1 aromatic carbocycles. The zero-order valence-electron chi connectivity index (χ0n) is 12.3. The van der Waals surface area contributed by atoms with Crippen molar-refractivity contribution in [2.24, 2.45) is 5.92 Å². The van der Waals surface area contributed by atoms with Crippen molar-refractivity contribution in [3.8, 4) is 0 Å². The summed E-state index contributed by atoms with van der Waals surface area (Å²) >= 11 is 0. The molecule has 5 nitrogen and oxygen atoms in total. The molecule has 0 amide bonds. The molecule has 7 heteroatoms. The van der Waals surface area contributed by atoms with Crippen molar-refractivity contribution in [3.05, 3.63) is 29.6 Å². The third-order valence-electron chi connectivity index (χ3n) is 3.89. The van der Waals surface area contributed by atoms with Crippen LogP contribution in [0.3, 0.4) is 0 Å². The van der Waals surface area contributed by atoms with Gasteiger partial charge in [0.05, 0.1) is 11.5 Å². The number of halogens is 1. The minimum absolute atomic E-state index is 0.154. The molecule has 1 heterocycles. The van der Waals surface area contributed by atoms with Crippen molar-refractivity contribution in [2.45, 2.75) is 17.9 Å². The van der Waals surface area contributed by atoms with E-state index in [0.29, 0.717) is 6.54 Å². The summed E-state index contributed by atoms with van der Waals surface area (Å²) in [7, 11) is -0.290. The van der Waals surface area contributed by atoms with Gasteiger partial charge in [0.1, 0.15) is 5.82 Å². The van der Waals surface area contributed by atoms with Gasteiger partial charge in [0.25, 0.3) is 0 Å². The fourth-order valence-electron chi connectivity index (χ4n) is 2.70. The molecular formula is C14H21FN2O3S. The SMILES string of the molecule is CN1CCC(CN(C)S(=O)(=O)c2cc(F)ccc2CO)C1. The second-order valence-electron chi connectivity index (χ2n) is 5.61. The molecule has 1 saturated heterocycles. The summed E-state index contributed by atoms with van der Waals surface area (Å²) in [6.45, 7) is 1.78. The van der Waals surface area contributed by atoms with Crippen LogP contribution in [0.5, 0.6) is 0 Å². The largest absolute Gasteiger partial charge is 0.392 e. The van der Waals surface area contributed by atoms with Gasteiger partial charge >= 0.3 is 0 Å². The van der Waals surface area contributed by atoms with Gasteiger partial charge in [-0.15, -0.1) is 0 Å². The normalized spacial score (nSPS) is 20.3. The van der Waals surface area contributed by atoms with Gasteiger partial charge in [0, 0.05) is 20.1 Å². The van der Waals surface area contributed by atoms with Gasteiger partial charge in [-0.1, -0.05) is 6.07 Å². The minimum Gasteiger partial charge on any atom is -0.392 e. The van der Waals surface area contributed by atoms with Crippen LogP contribution in [-0.4, -0.2) is 56.5 Å². The maximum atomic E-state index is 13.4. The van der Waals surface area contributed by atoms with E-state index in [4.69, 9.17) is 0 Å². The second kappa shape index (κ2) is 6.39. The van der Waals surface area contributed by atoms with E-state index in [0.717, 1.165) is 31.6 Å². The molecule has 0 radical (unpaired) electrons. The van der Waals surface area contributed by atoms with Crippen LogP contribution in [0.4, 0.5) is 4.39 Å². The molecule has 118 valence electrons. The highest BCUT2D eigenvalue weighted by Gasteiger charge is 2.28. The van der Waals surface area contributed by atoms with Gasteiger partial charge in [-0.3, -0.25) is 0 Å². The van der Waals surface area contributed by atoms with Crippen LogP contribution in [0.15, 0.2) is 23.1 Å². The lowest BCUT2D eigenvalue weighted by atomic mass is 10.1.